The van der Waals surface area contributed by atoms with Crippen molar-refractivity contribution < 1.29 is 27.5 Å². The van der Waals surface area contributed by atoms with Gasteiger partial charge in [0, 0.05) is 12.0 Å². The van der Waals surface area contributed by atoms with Crippen LogP contribution in [-0.2, 0) is 9.53 Å². The molecule has 2 amide bonds. The second-order valence-corrected chi connectivity index (χ2v) is 8.22. The van der Waals surface area contributed by atoms with Crippen molar-refractivity contribution in [2.45, 2.75) is 70.8 Å². The Morgan fingerprint density at radius 1 is 1.25 bits per heavy atom. The average Bonchev–Trinajstić information content (AvgIpc) is 2.52. The fourth-order valence-corrected chi connectivity index (χ4v) is 3.54. The SMILES string of the molecule is Cc1ccccc1[C@@H]1CC(NC(=O)OC(C)(C)C)C(=O)N(CC(F)(F)F)[C@@H]1C. The molecule has 0 aromatic heterocycles. The Labute approximate surface area is 163 Å². The molecule has 1 N–H and O–H groups in total. The van der Waals surface area contributed by atoms with Gasteiger partial charge in [-0.2, -0.15) is 13.2 Å². The Hall–Kier alpha value is -2.25. The van der Waals surface area contributed by atoms with Crippen LogP contribution in [0.3, 0.4) is 0 Å². The van der Waals surface area contributed by atoms with E-state index in [1.54, 1.807) is 27.7 Å². The van der Waals surface area contributed by atoms with E-state index in [-0.39, 0.29) is 12.3 Å². The Morgan fingerprint density at radius 2 is 1.86 bits per heavy atom. The second-order valence-electron chi connectivity index (χ2n) is 8.22. The number of amides is 2. The Kier molecular flexibility index (Phi) is 6.31. The summed E-state index contributed by atoms with van der Waals surface area (Å²) in [6, 6.07) is 5.65. The van der Waals surface area contributed by atoms with Crippen LogP contribution in [0.15, 0.2) is 24.3 Å². The summed E-state index contributed by atoms with van der Waals surface area (Å²) in [6.45, 7) is 7.14. The molecule has 0 saturated carbocycles. The summed E-state index contributed by atoms with van der Waals surface area (Å²) in [4.78, 5) is 25.7. The molecule has 1 aromatic rings. The molecule has 8 heteroatoms. The van der Waals surface area contributed by atoms with Gasteiger partial charge in [0.15, 0.2) is 0 Å². The molecule has 0 radical (unpaired) electrons. The minimum Gasteiger partial charge on any atom is -0.444 e. The number of ether oxygens (including phenoxy) is 1. The molecule has 1 aromatic carbocycles. The van der Waals surface area contributed by atoms with Gasteiger partial charge in [-0.1, -0.05) is 24.3 Å². The molecule has 0 bridgehead atoms. The summed E-state index contributed by atoms with van der Waals surface area (Å²) in [5, 5.41) is 2.46. The van der Waals surface area contributed by atoms with Gasteiger partial charge in [0.2, 0.25) is 5.91 Å². The first-order valence-electron chi connectivity index (χ1n) is 9.21. The maximum absolute atomic E-state index is 13.1. The molecule has 5 nitrogen and oxygen atoms in total. The van der Waals surface area contributed by atoms with Crippen LogP contribution in [0.25, 0.3) is 0 Å². The number of piperidine rings is 1. The molecule has 2 rings (SSSR count). The third kappa shape index (κ3) is 5.62. The van der Waals surface area contributed by atoms with Crippen LogP contribution in [0, 0.1) is 6.92 Å². The van der Waals surface area contributed by atoms with Crippen molar-refractivity contribution in [1.82, 2.24) is 10.2 Å². The van der Waals surface area contributed by atoms with Gasteiger partial charge >= 0.3 is 12.3 Å². The summed E-state index contributed by atoms with van der Waals surface area (Å²) in [6.07, 6.45) is -5.15. The van der Waals surface area contributed by atoms with Gasteiger partial charge < -0.3 is 15.0 Å². The van der Waals surface area contributed by atoms with Crippen LogP contribution in [0.5, 0.6) is 0 Å². The topological polar surface area (TPSA) is 58.6 Å². The van der Waals surface area contributed by atoms with Crippen molar-refractivity contribution in [1.29, 1.82) is 0 Å². The van der Waals surface area contributed by atoms with E-state index in [1.165, 1.54) is 0 Å². The second kappa shape index (κ2) is 8.01. The third-order valence-electron chi connectivity index (χ3n) is 4.77. The first-order chi connectivity index (χ1) is 12.8. The molecule has 1 fully saturated rings. The van der Waals surface area contributed by atoms with E-state index in [4.69, 9.17) is 4.74 Å². The smallest absolute Gasteiger partial charge is 0.408 e. The zero-order chi connectivity index (χ0) is 21.3. The summed E-state index contributed by atoms with van der Waals surface area (Å²) in [7, 11) is 0. The number of nitrogens with one attached hydrogen (secondary N) is 1. The lowest BCUT2D eigenvalue weighted by atomic mass is 9.80. The Balaban J connectivity index is 2.33. The van der Waals surface area contributed by atoms with Crippen LogP contribution in [0.4, 0.5) is 18.0 Å². The predicted molar refractivity (Wildman–Crippen MR) is 98.9 cm³/mol. The van der Waals surface area contributed by atoms with Gasteiger partial charge in [-0.25, -0.2) is 4.79 Å². The molecule has 0 spiro atoms. The van der Waals surface area contributed by atoms with Crippen LogP contribution < -0.4 is 5.32 Å². The highest BCUT2D eigenvalue weighted by Gasteiger charge is 2.45. The predicted octanol–water partition coefficient (Wildman–Crippen LogP) is 4.16. The lowest BCUT2D eigenvalue weighted by Crippen LogP contribution is -2.60. The number of nitrogens with zero attached hydrogens (tertiary/aromatic N) is 1. The van der Waals surface area contributed by atoms with Crippen LogP contribution in [-0.4, -0.2) is 47.3 Å². The lowest BCUT2D eigenvalue weighted by molar-refractivity contribution is -0.170. The summed E-state index contributed by atoms with van der Waals surface area (Å²) >= 11 is 0. The lowest BCUT2D eigenvalue weighted by Gasteiger charge is -2.43. The maximum atomic E-state index is 13.1. The van der Waals surface area contributed by atoms with Gasteiger partial charge in [-0.05, 0) is 52.2 Å². The maximum Gasteiger partial charge on any atom is 0.408 e. The molecule has 1 aliphatic rings. The third-order valence-corrected chi connectivity index (χ3v) is 4.77. The van der Waals surface area contributed by atoms with Gasteiger partial charge in [-0.15, -0.1) is 0 Å². The fraction of sp³-hybridized carbons (Fsp3) is 0.600. The standard InChI is InChI=1S/C20H27F3N2O3/c1-12-8-6-7-9-14(12)15-10-16(24-18(27)28-19(3,4)5)17(26)25(13(15)2)11-20(21,22)23/h6-9,13,15-16H,10-11H2,1-5H3,(H,24,27)/t13-,15-,16?/m1/s1. The zero-order valence-corrected chi connectivity index (χ0v) is 16.8. The number of carbonyl (C=O) groups is 2. The van der Waals surface area contributed by atoms with Gasteiger partial charge in [0.05, 0.1) is 0 Å². The van der Waals surface area contributed by atoms with Crippen molar-refractivity contribution >= 4 is 12.0 Å². The minimum atomic E-state index is -4.53. The number of rotatable bonds is 3. The van der Waals surface area contributed by atoms with Crippen molar-refractivity contribution in [3.05, 3.63) is 35.4 Å². The van der Waals surface area contributed by atoms with Crippen molar-refractivity contribution in [3.8, 4) is 0 Å². The number of halogens is 3. The number of alkyl carbamates (subject to hydrolysis) is 1. The van der Waals surface area contributed by atoms with E-state index in [9.17, 15) is 22.8 Å². The van der Waals surface area contributed by atoms with Gasteiger partial charge in [0.1, 0.15) is 18.2 Å². The van der Waals surface area contributed by atoms with E-state index in [1.807, 2.05) is 31.2 Å². The summed E-state index contributed by atoms with van der Waals surface area (Å²) in [5.41, 5.74) is 1.01. The molecule has 0 aliphatic carbocycles. The molecule has 1 unspecified atom stereocenters. The first-order valence-corrected chi connectivity index (χ1v) is 9.21. The average molecular weight is 400 g/mol. The molecule has 1 saturated heterocycles. The highest BCUT2D eigenvalue weighted by Crippen LogP contribution is 2.36. The quantitative estimate of drug-likeness (QED) is 0.829. The van der Waals surface area contributed by atoms with Gasteiger partial charge in [0.25, 0.3) is 0 Å². The van der Waals surface area contributed by atoms with Crippen molar-refractivity contribution in [3.63, 3.8) is 0 Å². The number of carbonyl (C=O) groups excluding carboxylic acids is 2. The van der Waals surface area contributed by atoms with Crippen molar-refractivity contribution in [2.24, 2.45) is 0 Å². The zero-order valence-electron chi connectivity index (χ0n) is 16.8. The van der Waals surface area contributed by atoms with Crippen LogP contribution in [0.2, 0.25) is 0 Å². The monoisotopic (exact) mass is 400 g/mol. The highest BCUT2D eigenvalue weighted by atomic mass is 19.4. The van der Waals surface area contributed by atoms with E-state index in [2.05, 4.69) is 5.32 Å². The number of hydrogen-bond acceptors (Lipinski definition) is 3. The molecule has 1 aliphatic heterocycles. The first kappa shape index (κ1) is 22.0. The highest BCUT2D eigenvalue weighted by molar-refractivity contribution is 5.87. The minimum absolute atomic E-state index is 0.207. The number of likely N-dealkylation sites (tertiary alicyclic amines) is 1. The Bertz CT molecular complexity index is 728. The van der Waals surface area contributed by atoms with Crippen molar-refractivity contribution in [2.75, 3.05) is 6.54 Å². The Morgan fingerprint density at radius 3 is 2.39 bits per heavy atom. The molecule has 28 heavy (non-hydrogen) atoms. The van der Waals surface area contributed by atoms with Crippen LogP contribution in [0.1, 0.15) is 51.2 Å². The summed E-state index contributed by atoms with van der Waals surface area (Å²) < 4.78 is 44.5. The molecular weight excluding hydrogens is 373 g/mol. The fourth-order valence-electron chi connectivity index (χ4n) is 3.54. The number of aryl methyl sites for hydroxylation is 1. The van der Waals surface area contributed by atoms with E-state index >= 15 is 0 Å². The number of hydrogen-bond donors (Lipinski definition) is 1. The number of alkyl halides is 3. The molecule has 3 atom stereocenters. The van der Waals surface area contributed by atoms with E-state index in [0.29, 0.717) is 0 Å². The number of benzene rings is 1. The van der Waals surface area contributed by atoms with E-state index in [0.717, 1.165) is 16.0 Å². The normalized spacial score (nSPS) is 23.5. The van der Waals surface area contributed by atoms with E-state index < -0.39 is 42.4 Å². The summed E-state index contributed by atoms with van der Waals surface area (Å²) in [5.74, 6) is -1.10. The van der Waals surface area contributed by atoms with Crippen LogP contribution >= 0.6 is 0 Å². The molecular formula is C20H27F3N2O3. The molecule has 156 valence electrons. The molecule has 1 heterocycles. The largest absolute Gasteiger partial charge is 0.444 e. The van der Waals surface area contributed by atoms with Gasteiger partial charge in [-0.3, -0.25) is 4.79 Å².